The molecule has 0 aromatic carbocycles. The van der Waals surface area contributed by atoms with E-state index in [-0.39, 0.29) is 5.91 Å². The lowest BCUT2D eigenvalue weighted by Gasteiger charge is -2.11. The zero-order chi connectivity index (χ0) is 19.7. The van der Waals surface area contributed by atoms with Crippen LogP contribution in [0.2, 0.25) is 0 Å². The summed E-state index contributed by atoms with van der Waals surface area (Å²) >= 11 is 0. The summed E-state index contributed by atoms with van der Waals surface area (Å²) in [6.07, 6.45) is 1.49. The van der Waals surface area contributed by atoms with Gasteiger partial charge in [-0.25, -0.2) is 14.6 Å². The molecule has 0 saturated carbocycles. The molecule has 1 atom stereocenters. The van der Waals surface area contributed by atoms with Crippen LogP contribution >= 0.6 is 0 Å². The zero-order valence-electron chi connectivity index (χ0n) is 16.3. The molecule has 8 nitrogen and oxygen atoms in total. The molecule has 4 rings (SSSR count). The van der Waals surface area contributed by atoms with Crippen LogP contribution in [0.3, 0.4) is 0 Å². The first-order valence-corrected chi connectivity index (χ1v) is 9.48. The van der Waals surface area contributed by atoms with Crippen LogP contribution in [0.15, 0.2) is 28.7 Å². The Morgan fingerprint density at radius 3 is 2.79 bits per heavy atom. The van der Waals surface area contributed by atoms with E-state index < -0.39 is 0 Å². The minimum atomic E-state index is -0.0479. The first-order valence-electron chi connectivity index (χ1n) is 9.48. The summed E-state index contributed by atoms with van der Waals surface area (Å²) in [6.45, 7) is 7.61. The summed E-state index contributed by atoms with van der Waals surface area (Å²) in [6, 6.07) is 7.40. The molecule has 1 aliphatic heterocycles. The zero-order valence-corrected chi connectivity index (χ0v) is 16.3. The molecule has 4 heterocycles. The highest BCUT2D eigenvalue weighted by molar-refractivity contribution is 5.90. The quantitative estimate of drug-likeness (QED) is 0.706. The maximum absolute atomic E-state index is 12.5. The lowest BCUT2D eigenvalue weighted by molar-refractivity contribution is -0.117. The largest absolute Gasteiger partial charge is 0.458 e. The summed E-state index contributed by atoms with van der Waals surface area (Å²) in [5.41, 5.74) is 1.85. The van der Waals surface area contributed by atoms with Crippen molar-refractivity contribution in [3.05, 3.63) is 41.4 Å². The predicted molar refractivity (Wildman–Crippen MR) is 105 cm³/mol. The van der Waals surface area contributed by atoms with Crippen molar-refractivity contribution in [1.29, 1.82) is 0 Å². The first-order chi connectivity index (χ1) is 13.5. The molecular weight excluding hydrogens is 356 g/mol. The van der Waals surface area contributed by atoms with Crippen LogP contribution in [0.5, 0.6) is 0 Å². The van der Waals surface area contributed by atoms with E-state index >= 15 is 0 Å². The van der Waals surface area contributed by atoms with Crippen molar-refractivity contribution in [2.75, 3.05) is 18.4 Å². The molecule has 3 aromatic heterocycles. The second kappa shape index (κ2) is 7.55. The number of carbonyl (C=O) groups is 1. The van der Waals surface area contributed by atoms with Crippen molar-refractivity contribution >= 4 is 11.7 Å². The summed E-state index contributed by atoms with van der Waals surface area (Å²) in [7, 11) is 0. The lowest BCUT2D eigenvalue weighted by atomic mass is 10.0. The maximum Gasteiger partial charge on any atom is 0.225 e. The summed E-state index contributed by atoms with van der Waals surface area (Å²) in [5.74, 6) is 3.08. The number of furan rings is 1. The molecule has 0 spiro atoms. The second-order valence-corrected chi connectivity index (χ2v) is 7.30. The van der Waals surface area contributed by atoms with Crippen LogP contribution in [-0.2, 0) is 4.79 Å². The molecule has 0 bridgehead atoms. The highest BCUT2D eigenvalue weighted by Gasteiger charge is 2.19. The van der Waals surface area contributed by atoms with Crippen molar-refractivity contribution < 1.29 is 9.21 Å². The van der Waals surface area contributed by atoms with Crippen LogP contribution in [0.1, 0.15) is 30.0 Å². The van der Waals surface area contributed by atoms with Gasteiger partial charge in [0.1, 0.15) is 11.6 Å². The summed E-state index contributed by atoms with van der Waals surface area (Å²) in [5, 5.41) is 10.7. The van der Waals surface area contributed by atoms with Crippen molar-refractivity contribution in [2.24, 2.45) is 5.92 Å². The van der Waals surface area contributed by atoms with Crippen molar-refractivity contribution in [3.8, 4) is 17.4 Å². The monoisotopic (exact) mass is 380 g/mol. The van der Waals surface area contributed by atoms with E-state index in [0.717, 1.165) is 36.7 Å². The molecule has 1 aliphatic rings. The average molecular weight is 380 g/mol. The molecule has 0 unspecified atom stereocenters. The minimum absolute atomic E-state index is 0.0479. The van der Waals surface area contributed by atoms with E-state index in [9.17, 15) is 4.79 Å². The van der Waals surface area contributed by atoms with Gasteiger partial charge in [-0.05, 0) is 64.4 Å². The second-order valence-electron chi connectivity index (χ2n) is 7.30. The fourth-order valence-electron chi connectivity index (χ4n) is 3.48. The Morgan fingerprint density at radius 1 is 1.29 bits per heavy atom. The van der Waals surface area contributed by atoms with Gasteiger partial charge in [0.15, 0.2) is 17.4 Å². The summed E-state index contributed by atoms with van der Waals surface area (Å²) < 4.78 is 7.43. The molecule has 8 heteroatoms. The topological polar surface area (TPSA) is 97.9 Å². The summed E-state index contributed by atoms with van der Waals surface area (Å²) in [4.78, 5) is 21.6. The van der Waals surface area contributed by atoms with Crippen LogP contribution in [0.25, 0.3) is 17.4 Å². The predicted octanol–water partition coefficient (Wildman–Crippen LogP) is 2.79. The smallest absolute Gasteiger partial charge is 0.225 e. The normalized spacial score (nSPS) is 16.5. The van der Waals surface area contributed by atoms with E-state index in [1.165, 1.54) is 0 Å². The molecule has 28 heavy (non-hydrogen) atoms. The molecule has 1 saturated heterocycles. The van der Waals surface area contributed by atoms with Crippen LogP contribution in [-0.4, -0.2) is 38.7 Å². The van der Waals surface area contributed by atoms with Crippen molar-refractivity contribution in [3.63, 3.8) is 0 Å². The number of amides is 1. The Hall–Kier alpha value is -3.00. The van der Waals surface area contributed by atoms with Crippen LogP contribution in [0, 0.1) is 26.7 Å². The Kier molecular flexibility index (Phi) is 4.95. The van der Waals surface area contributed by atoms with Gasteiger partial charge in [0, 0.05) is 18.2 Å². The van der Waals surface area contributed by atoms with Gasteiger partial charge in [-0.3, -0.25) is 4.79 Å². The van der Waals surface area contributed by atoms with Gasteiger partial charge in [0.2, 0.25) is 5.91 Å². The van der Waals surface area contributed by atoms with Crippen LogP contribution in [0.4, 0.5) is 5.82 Å². The minimum Gasteiger partial charge on any atom is -0.458 e. The van der Waals surface area contributed by atoms with E-state index in [1.54, 1.807) is 10.7 Å². The van der Waals surface area contributed by atoms with E-state index in [0.29, 0.717) is 35.6 Å². The molecule has 1 amide bonds. The third-order valence-electron chi connectivity index (χ3n) is 4.80. The fourth-order valence-corrected chi connectivity index (χ4v) is 3.48. The molecular formula is C20H24N6O2. The molecule has 0 radical (unpaired) electrons. The van der Waals surface area contributed by atoms with Gasteiger partial charge in [-0.2, -0.15) is 5.10 Å². The van der Waals surface area contributed by atoms with Gasteiger partial charge in [-0.15, -0.1) is 0 Å². The van der Waals surface area contributed by atoms with Gasteiger partial charge >= 0.3 is 0 Å². The van der Waals surface area contributed by atoms with Crippen LogP contribution < -0.4 is 10.6 Å². The number of nitrogens with one attached hydrogen (secondary N) is 2. The van der Waals surface area contributed by atoms with Gasteiger partial charge in [0.25, 0.3) is 0 Å². The number of rotatable bonds is 5. The molecule has 146 valence electrons. The number of aryl methyl sites for hydroxylation is 3. The highest BCUT2D eigenvalue weighted by atomic mass is 16.3. The first kappa shape index (κ1) is 18.4. The van der Waals surface area contributed by atoms with Crippen molar-refractivity contribution in [1.82, 2.24) is 25.1 Å². The third kappa shape index (κ3) is 3.96. The molecule has 0 aliphatic carbocycles. The Labute approximate surface area is 163 Å². The number of carbonyl (C=O) groups excluding carboxylic acids is 1. The number of hydrogen-bond acceptors (Lipinski definition) is 6. The van der Waals surface area contributed by atoms with E-state index in [1.807, 2.05) is 39.0 Å². The number of hydrogen-bond donors (Lipinski definition) is 2. The molecule has 2 N–H and O–H groups in total. The van der Waals surface area contributed by atoms with Gasteiger partial charge in [-0.1, -0.05) is 0 Å². The van der Waals surface area contributed by atoms with Crippen molar-refractivity contribution in [2.45, 2.75) is 33.6 Å². The van der Waals surface area contributed by atoms with E-state index in [4.69, 9.17) is 4.42 Å². The average Bonchev–Trinajstić information content (AvgIpc) is 3.37. The number of aromatic nitrogens is 4. The number of anilines is 1. The van der Waals surface area contributed by atoms with E-state index in [2.05, 4.69) is 25.7 Å². The van der Waals surface area contributed by atoms with Gasteiger partial charge < -0.3 is 15.1 Å². The molecule has 3 aromatic rings. The standard InChI is InChI=1S/C20H24N6O2/c1-12-8-13(2)26(25-12)18-10-17(22-19(27)9-15-6-7-21-11-15)23-20(24-18)16-5-4-14(3)28-16/h4-5,8,10,15,21H,6-7,9,11H2,1-3H3,(H,22,23,24,27)/t15-/m0/s1. The lowest BCUT2D eigenvalue weighted by Crippen LogP contribution is -2.19. The van der Waals surface area contributed by atoms with Gasteiger partial charge in [0.05, 0.1) is 5.69 Å². The molecule has 1 fully saturated rings. The maximum atomic E-state index is 12.5. The Morgan fingerprint density at radius 2 is 2.14 bits per heavy atom. The number of nitrogens with zero attached hydrogens (tertiary/aromatic N) is 4. The Bertz CT molecular complexity index is 1000. The highest BCUT2D eigenvalue weighted by Crippen LogP contribution is 2.23. The Balaban J connectivity index is 1.67. The fraction of sp³-hybridized carbons (Fsp3) is 0.400. The third-order valence-corrected chi connectivity index (χ3v) is 4.80. The SMILES string of the molecule is Cc1cc(C)n(-c2cc(NC(=O)C[C@@H]3CCNC3)nc(-c3ccc(C)o3)n2)n1.